The first-order valence-corrected chi connectivity index (χ1v) is 17.0. The molecule has 2 aliphatic rings. The highest BCUT2D eigenvalue weighted by Gasteiger charge is 2.43. The molecule has 2 aromatic carbocycles. The van der Waals surface area contributed by atoms with Gasteiger partial charge in [0.15, 0.2) is 0 Å². The van der Waals surface area contributed by atoms with E-state index in [2.05, 4.69) is 36.3 Å². The zero-order valence-electron chi connectivity index (χ0n) is 21.9. The first-order valence-electron chi connectivity index (χ1n) is 13.3. The lowest BCUT2D eigenvalue weighted by atomic mass is 9.98. The Morgan fingerprint density at radius 3 is 2.65 bits per heavy atom. The van der Waals surface area contributed by atoms with Crippen molar-refractivity contribution in [2.45, 2.75) is 76.2 Å². The summed E-state index contributed by atoms with van der Waals surface area (Å²) >= 11 is 0. The van der Waals surface area contributed by atoms with Gasteiger partial charge in [-0.15, -0.1) is 0 Å². The number of hydrogen-bond acceptors (Lipinski definition) is 5. The molecule has 2 heterocycles. The van der Waals surface area contributed by atoms with Gasteiger partial charge in [-0.3, -0.25) is 14.2 Å². The zero-order valence-corrected chi connectivity index (χ0v) is 22.9. The van der Waals surface area contributed by atoms with Gasteiger partial charge in [0.05, 0.1) is 17.6 Å². The molecule has 1 unspecified atom stereocenters. The number of carbonyl (C=O) groups excluding carboxylic acids is 1. The Hall–Kier alpha value is -2.99. The highest BCUT2D eigenvalue weighted by molar-refractivity contribution is 6.76. The lowest BCUT2D eigenvalue weighted by Gasteiger charge is -2.23. The number of piperidine rings is 1. The van der Waals surface area contributed by atoms with Gasteiger partial charge < -0.3 is 15.4 Å². The van der Waals surface area contributed by atoms with Crippen molar-refractivity contribution < 1.29 is 9.53 Å². The van der Waals surface area contributed by atoms with Crippen LogP contribution < -0.4 is 16.2 Å². The first-order chi connectivity index (χ1) is 17.7. The maximum Gasteiger partial charge on any atom is 0.260 e. The molecule has 37 heavy (non-hydrogen) atoms. The average molecular weight is 517 g/mol. The van der Waals surface area contributed by atoms with E-state index >= 15 is 0 Å². The van der Waals surface area contributed by atoms with Crippen molar-refractivity contribution >= 4 is 35.7 Å². The van der Waals surface area contributed by atoms with Gasteiger partial charge in [0.1, 0.15) is 12.8 Å². The summed E-state index contributed by atoms with van der Waals surface area (Å²) in [6.07, 6.45) is 3.62. The fraction of sp³-hybridized carbons (Fsp3) is 0.483. The summed E-state index contributed by atoms with van der Waals surface area (Å²) in [5.74, 6) is 0.284. The van der Waals surface area contributed by atoms with Crippen molar-refractivity contribution in [1.29, 1.82) is 5.26 Å². The van der Waals surface area contributed by atoms with Crippen molar-refractivity contribution in [2.75, 3.05) is 6.61 Å². The van der Waals surface area contributed by atoms with Gasteiger partial charge in [0.25, 0.3) is 5.56 Å². The second-order valence-electron chi connectivity index (χ2n) is 11.8. The van der Waals surface area contributed by atoms with Gasteiger partial charge in [-0.1, -0.05) is 50.0 Å². The van der Waals surface area contributed by atoms with Crippen LogP contribution in [-0.4, -0.2) is 43.3 Å². The number of ether oxygens (including phenoxy) is 1. The van der Waals surface area contributed by atoms with Crippen molar-refractivity contribution in [1.82, 2.24) is 15.2 Å². The Morgan fingerprint density at radius 2 is 1.97 bits per heavy atom. The Balaban J connectivity index is 1.40. The van der Waals surface area contributed by atoms with Crippen LogP contribution in [0, 0.1) is 17.2 Å². The number of fused-ring (bicyclic) bond motifs is 5. The van der Waals surface area contributed by atoms with E-state index in [4.69, 9.17) is 4.74 Å². The summed E-state index contributed by atoms with van der Waals surface area (Å²) < 4.78 is 7.69. The number of benzene rings is 2. The zero-order chi connectivity index (χ0) is 26.2. The van der Waals surface area contributed by atoms with Crippen LogP contribution in [0.5, 0.6) is 0 Å². The second-order valence-corrected chi connectivity index (χ2v) is 17.4. The van der Waals surface area contributed by atoms with Crippen LogP contribution in [0.2, 0.25) is 25.7 Å². The minimum absolute atomic E-state index is 0.0826. The molecule has 1 saturated carbocycles. The van der Waals surface area contributed by atoms with E-state index in [-0.39, 0.29) is 24.2 Å². The molecular weight excluding hydrogens is 480 g/mol. The smallest absolute Gasteiger partial charge is 0.260 e. The third kappa shape index (κ3) is 5.49. The van der Waals surface area contributed by atoms with Crippen LogP contribution in [0.1, 0.15) is 24.8 Å². The van der Waals surface area contributed by atoms with Gasteiger partial charge in [0, 0.05) is 37.9 Å². The average Bonchev–Trinajstić information content (AvgIpc) is 3.51. The van der Waals surface area contributed by atoms with Gasteiger partial charge in [0.2, 0.25) is 5.91 Å². The third-order valence-corrected chi connectivity index (χ3v) is 9.52. The molecular formula is C29H36N4O3Si. The largest absolute Gasteiger partial charge is 0.361 e. The lowest BCUT2D eigenvalue weighted by Crippen LogP contribution is -2.50. The van der Waals surface area contributed by atoms with Crippen molar-refractivity contribution in [3.05, 3.63) is 58.4 Å². The van der Waals surface area contributed by atoms with E-state index in [9.17, 15) is 14.9 Å². The number of aromatic nitrogens is 1. The number of hydrogen-bond donors (Lipinski definition) is 2. The maximum absolute atomic E-state index is 13.5. The Bertz CT molecular complexity index is 1420. The van der Waals surface area contributed by atoms with Gasteiger partial charge >= 0.3 is 0 Å². The molecule has 5 rings (SSSR count). The molecule has 1 amide bonds. The molecule has 1 saturated heterocycles. The SMILES string of the molecule is C[Si](C)(C)CCOCn1c(=O)c2ccccc2c2ccc(CC(C#N)NC(=O)[C@H]3N[C@@H]4CC[C@H]3C4)cc21. The molecule has 8 heteroatoms. The van der Waals surface area contributed by atoms with E-state index in [1.165, 1.54) is 0 Å². The predicted octanol–water partition coefficient (Wildman–Crippen LogP) is 4.16. The summed E-state index contributed by atoms with van der Waals surface area (Å²) in [6, 6.07) is 16.5. The molecule has 0 radical (unpaired) electrons. The molecule has 0 spiro atoms. The highest BCUT2D eigenvalue weighted by Crippen LogP contribution is 2.35. The van der Waals surface area contributed by atoms with Crippen LogP contribution in [0.3, 0.4) is 0 Å². The Kier molecular flexibility index (Phi) is 7.21. The van der Waals surface area contributed by atoms with Crippen LogP contribution >= 0.6 is 0 Å². The quantitative estimate of drug-likeness (QED) is 0.253. The number of nitrogens with zero attached hydrogens (tertiary/aromatic N) is 2. The van der Waals surface area contributed by atoms with E-state index in [1.807, 2.05) is 42.5 Å². The van der Waals surface area contributed by atoms with Crippen molar-refractivity contribution in [3.63, 3.8) is 0 Å². The fourth-order valence-corrected chi connectivity index (χ4v) is 6.51. The maximum atomic E-state index is 13.5. The topological polar surface area (TPSA) is 96.2 Å². The summed E-state index contributed by atoms with van der Waals surface area (Å²) in [7, 11) is -1.25. The normalized spacial score (nSPS) is 21.8. The third-order valence-electron chi connectivity index (χ3n) is 7.82. The Morgan fingerprint density at radius 1 is 1.19 bits per heavy atom. The van der Waals surface area contributed by atoms with Crippen LogP contribution in [0.15, 0.2) is 47.3 Å². The molecule has 7 nitrogen and oxygen atoms in total. The molecule has 4 atom stereocenters. The van der Waals surface area contributed by atoms with E-state index in [1.54, 1.807) is 4.57 Å². The number of nitrogens with one attached hydrogen (secondary N) is 2. The summed E-state index contributed by atoms with van der Waals surface area (Å²) in [4.78, 5) is 26.3. The molecule has 2 fully saturated rings. The molecule has 2 bridgehead atoms. The van der Waals surface area contributed by atoms with E-state index in [0.717, 1.165) is 47.2 Å². The molecule has 2 N–H and O–H groups in total. The van der Waals surface area contributed by atoms with E-state index < -0.39 is 14.1 Å². The van der Waals surface area contributed by atoms with Crippen LogP contribution in [0.4, 0.5) is 0 Å². The van der Waals surface area contributed by atoms with Gasteiger partial charge in [-0.25, -0.2) is 0 Å². The first kappa shape index (κ1) is 25.6. The van der Waals surface area contributed by atoms with Gasteiger partial charge in [-0.2, -0.15) is 5.26 Å². The minimum Gasteiger partial charge on any atom is -0.361 e. The Labute approximate surface area is 218 Å². The second kappa shape index (κ2) is 10.4. The number of rotatable bonds is 9. The van der Waals surface area contributed by atoms with Crippen LogP contribution in [-0.2, 0) is 22.7 Å². The molecule has 1 aromatic heterocycles. The van der Waals surface area contributed by atoms with Crippen molar-refractivity contribution in [2.24, 2.45) is 5.92 Å². The predicted molar refractivity (Wildman–Crippen MR) is 149 cm³/mol. The van der Waals surface area contributed by atoms with Crippen molar-refractivity contribution in [3.8, 4) is 6.07 Å². The van der Waals surface area contributed by atoms with Crippen LogP contribution in [0.25, 0.3) is 21.7 Å². The molecule has 194 valence electrons. The summed E-state index contributed by atoms with van der Waals surface area (Å²) in [5, 5.41) is 18.7. The molecule has 1 aliphatic carbocycles. The minimum atomic E-state index is -1.25. The van der Waals surface area contributed by atoms with Gasteiger partial charge in [-0.05, 0) is 54.3 Å². The summed E-state index contributed by atoms with van der Waals surface area (Å²) in [5.41, 5.74) is 1.60. The monoisotopic (exact) mass is 516 g/mol. The molecule has 1 aliphatic heterocycles. The number of nitriles is 1. The lowest BCUT2D eigenvalue weighted by molar-refractivity contribution is -0.124. The highest BCUT2D eigenvalue weighted by atomic mass is 28.3. The fourth-order valence-electron chi connectivity index (χ4n) is 5.75. The standard InChI is InChI=1S/C29H36N4O3Si/c1-37(2,3)13-12-36-18-33-26-15-19(8-11-24(26)23-6-4-5-7-25(23)29(33)35)14-22(17-30)32-28(34)27-20-9-10-21(16-20)31-27/h4-8,11,15,20-22,27,31H,9-10,12-14,16,18H2,1-3H3,(H,32,34)/t20-,21+,22?,27-/m0/s1. The summed E-state index contributed by atoms with van der Waals surface area (Å²) in [6.45, 7) is 7.71. The number of carbonyl (C=O) groups is 1. The number of pyridine rings is 1. The molecule has 3 aromatic rings. The van der Waals surface area contributed by atoms with E-state index in [0.29, 0.717) is 30.4 Å². The number of amides is 1.